The highest BCUT2D eigenvalue weighted by molar-refractivity contribution is 9.10. The maximum atomic E-state index is 4.56. The molecule has 4 heteroatoms. The van der Waals surface area contributed by atoms with E-state index in [9.17, 15) is 0 Å². The van der Waals surface area contributed by atoms with Gasteiger partial charge < -0.3 is 5.32 Å². The molecule has 0 bridgehead atoms. The van der Waals surface area contributed by atoms with E-state index in [4.69, 9.17) is 0 Å². The number of hydrogen-bond donors (Lipinski definition) is 1. The molecule has 19 heavy (non-hydrogen) atoms. The Morgan fingerprint density at radius 2 is 2.11 bits per heavy atom. The smallest absolute Gasteiger partial charge is 0.0635 e. The molecule has 0 aromatic carbocycles. The lowest BCUT2D eigenvalue weighted by Gasteiger charge is -2.28. The van der Waals surface area contributed by atoms with Crippen molar-refractivity contribution in [3.63, 3.8) is 0 Å². The molecule has 0 amide bonds. The zero-order chi connectivity index (χ0) is 13.8. The minimum atomic E-state index is 0.423. The first-order valence-electron chi connectivity index (χ1n) is 7.61. The second-order valence-corrected chi connectivity index (χ2v) is 6.68. The fourth-order valence-electron chi connectivity index (χ4n) is 3.25. The molecule has 1 aliphatic carbocycles. The lowest BCUT2D eigenvalue weighted by Crippen LogP contribution is -2.35. The van der Waals surface area contributed by atoms with Crippen LogP contribution >= 0.6 is 15.9 Å². The highest BCUT2D eigenvalue weighted by Crippen LogP contribution is 2.36. The normalized spacial score (nSPS) is 24.7. The summed E-state index contributed by atoms with van der Waals surface area (Å²) in [6, 6.07) is 1.02. The number of nitrogens with zero attached hydrogens (tertiary/aromatic N) is 2. The molecule has 1 aliphatic rings. The van der Waals surface area contributed by atoms with Crippen LogP contribution in [0, 0.1) is 0 Å². The molecule has 0 spiro atoms. The highest BCUT2D eigenvalue weighted by atomic mass is 79.9. The van der Waals surface area contributed by atoms with Crippen molar-refractivity contribution in [2.45, 2.75) is 70.9 Å². The second-order valence-electron chi connectivity index (χ2n) is 5.82. The summed E-state index contributed by atoms with van der Waals surface area (Å²) in [6.45, 7) is 7.68. The lowest BCUT2D eigenvalue weighted by molar-refractivity contribution is 0.384. The van der Waals surface area contributed by atoms with Crippen molar-refractivity contribution in [1.82, 2.24) is 15.1 Å². The molecule has 1 aromatic rings. The van der Waals surface area contributed by atoms with Crippen LogP contribution < -0.4 is 5.32 Å². The van der Waals surface area contributed by atoms with Gasteiger partial charge in [0.25, 0.3) is 0 Å². The third-order valence-corrected chi connectivity index (χ3v) is 4.72. The molecule has 1 N–H and O–H groups in total. The number of hydrogen-bond acceptors (Lipinski definition) is 2. The SMILES string of the molecule is CCNC1CCCCCC1c1c(Br)cnn1C(C)C. The molecule has 0 radical (unpaired) electrons. The number of rotatable bonds is 4. The Balaban J connectivity index is 2.32. The van der Waals surface area contributed by atoms with Crippen molar-refractivity contribution in [2.24, 2.45) is 0 Å². The van der Waals surface area contributed by atoms with Crippen LogP contribution in [0.5, 0.6) is 0 Å². The van der Waals surface area contributed by atoms with Crippen LogP contribution in [0.25, 0.3) is 0 Å². The van der Waals surface area contributed by atoms with Crippen LogP contribution in [-0.2, 0) is 0 Å². The molecule has 0 aliphatic heterocycles. The summed E-state index contributed by atoms with van der Waals surface area (Å²) in [7, 11) is 0. The molecule has 2 unspecified atom stereocenters. The number of nitrogens with one attached hydrogen (secondary N) is 1. The second kappa shape index (κ2) is 6.89. The Hall–Kier alpha value is -0.350. The van der Waals surface area contributed by atoms with Crippen molar-refractivity contribution >= 4 is 15.9 Å². The Morgan fingerprint density at radius 1 is 1.37 bits per heavy atom. The maximum absolute atomic E-state index is 4.56. The quantitative estimate of drug-likeness (QED) is 0.837. The third kappa shape index (κ3) is 3.40. The largest absolute Gasteiger partial charge is 0.314 e. The van der Waals surface area contributed by atoms with Gasteiger partial charge in [-0.2, -0.15) is 5.10 Å². The lowest BCUT2D eigenvalue weighted by atomic mass is 9.91. The summed E-state index contributed by atoms with van der Waals surface area (Å²) in [5, 5.41) is 8.25. The topological polar surface area (TPSA) is 29.9 Å². The van der Waals surface area contributed by atoms with Gasteiger partial charge in [-0.25, -0.2) is 0 Å². The summed E-state index contributed by atoms with van der Waals surface area (Å²) in [5.74, 6) is 0.585. The first kappa shape index (κ1) is 15.0. The van der Waals surface area contributed by atoms with Crippen molar-refractivity contribution in [3.8, 4) is 0 Å². The van der Waals surface area contributed by atoms with E-state index in [0.29, 0.717) is 18.0 Å². The van der Waals surface area contributed by atoms with Crippen LogP contribution in [0.15, 0.2) is 10.7 Å². The van der Waals surface area contributed by atoms with Crippen molar-refractivity contribution < 1.29 is 0 Å². The third-order valence-electron chi connectivity index (χ3n) is 4.11. The summed E-state index contributed by atoms with van der Waals surface area (Å²) in [4.78, 5) is 0. The Bertz CT molecular complexity index is 400. The van der Waals surface area contributed by atoms with Gasteiger partial charge in [-0.15, -0.1) is 0 Å². The van der Waals surface area contributed by atoms with Gasteiger partial charge in [0, 0.05) is 18.0 Å². The molecule has 1 fully saturated rings. The summed E-state index contributed by atoms with van der Waals surface area (Å²) >= 11 is 3.71. The highest BCUT2D eigenvalue weighted by Gasteiger charge is 2.29. The number of aromatic nitrogens is 2. The summed E-state index contributed by atoms with van der Waals surface area (Å²) in [5.41, 5.74) is 1.39. The van der Waals surface area contributed by atoms with Gasteiger partial charge >= 0.3 is 0 Å². The molecule has 0 saturated heterocycles. The fourth-order valence-corrected chi connectivity index (χ4v) is 3.82. The van der Waals surface area contributed by atoms with E-state index >= 15 is 0 Å². The van der Waals surface area contributed by atoms with Crippen LogP contribution in [-0.4, -0.2) is 22.4 Å². The van der Waals surface area contributed by atoms with Crippen LogP contribution in [0.2, 0.25) is 0 Å². The van der Waals surface area contributed by atoms with Gasteiger partial charge in [-0.1, -0.05) is 26.2 Å². The Kier molecular flexibility index (Phi) is 5.46. The van der Waals surface area contributed by atoms with E-state index in [2.05, 4.69) is 51.8 Å². The molecule has 2 rings (SSSR count). The van der Waals surface area contributed by atoms with E-state index in [0.717, 1.165) is 6.54 Å². The van der Waals surface area contributed by atoms with Crippen LogP contribution in [0.1, 0.15) is 70.5 Å². The van der Waals surface area contributed by atoms with Gasteiger partial charge in [-0.3, -0.25) is 4.68 Å². The van der Waals surface area contributed by atoms with Gasteiger partial charge in [0.15, 0.2) is 0 Å². The molecule has 1 heterocycles. The van der Waals surface area contributed by atoms with Gasteiger partial charge in [0.2, 0.25) is 0 Å². The zero-order valence-corrected chi connectivity index (χ0v) is 13.9. The maximum Gasteiger partial charge on any atom is 0.0635 e. The Labute approximate surface area is 125 Å². The molecule has 2 atom stereocenters. The van der Waals surface area contributed by atoms with Crippen molar-refractivity contribution in [2.75, 3.05) is 6.54 Å². The minimum absolute atomic E-state index is 0.423. The molecule has 1 saturated carbocycles. The predicted molar refractivity (Wildman–Crippen MR) is 83.6 cm³/mol. The first-order valence-corrected chi connectivity index (χ1v) is 8.40. The summed E-state index contributed by atoms with van der Waals surface area (Å²) in [6.07, 6.45) is 8.57. The predicted octanol–water partition coefficient (Wildman–Crippen LogP) is 4.25. The van der Waals surface area contributed by atoms with Gasteiger partial charge in [0.1, 0.15) is 0 Å². The van der Waals surface area contributed by atoms with Crippen molar-refractivity contribution in [3.05, 3.63) is 16.4 Å². The molecule has 108 valence electrons. The van der Waals surface area contributed by atoms with Gasteiger partial charge in [0.05, 0.1) is 16.4 Å². The minimum Gasteiger partial charge on any atom is -0.314 e. The average Bonchev–Trinajstić information content (AvgIpc) is 2.61. The Morgan fingerprint density at radius 3 is 2.79 bits per heavy atom. The van der Waals surface area contributed by atoms with Crippen LogP contribution in [0.3, 0.4) is 0 Å². The number of halogens is 1. The summed E-state index contributed by atoms with van der Waals surface area (Å²) < 4.78 is 3.38. The van der Waals surface area contributed by atoms with E-state index in [1.165, 1.54) is 42.3 Å². The standard InChI is InChI=1S/C15H26BrN3/c1-4-17-14-9-7-5-6-8-12(14)15-13(16)10-18-19(15)11(2)3/h10-12,14,17H,4-9H2,1-3H3. The monoisotopic (exact) mass is 327 g/mol. The molecule has 3 nitrogen and oxygen atoms in total. The molecule has 1 aromatic heterocycles. The van der Waals surface area contributed by atoms with Crippen LogP contribution in [0.4, 0.5) is 0 Å². The van der Waals surface area contributed by atoms with Crippen molar-refractivity contribution in [1.29, 1.82) is 0 Å². The zero-order valence-electron chi connectivity index (χ0n) is 12.3. The van der Waals surface area contributed by atoms with E-state index < -0.39 is 0 Å². The van der Waals surface area contributed by atoms with E-state index in [1.807, 2.05) is 6.20 Å². The van der Waals surface area contributed by atoms with Gasteiger partial charge in [-0.05, 0) is 49.2 Å². The average molecular weight is 328 g/mol. The fraction of sp³-hybridized carbons (Fsp3) is 0.800. The molecular formula is C15H26BrN3. The number of likely N-dealkylation sites (N-methyl/N-ethyl adjacent to an activating group) is 1. The van der Waals surface area contributed by atoms with E-state index in [-0.39, 0.29) is 0 Å². The molecular weight excluding hydrogens is 302 g/mol. The van der Waals surface area contributed by atoms with E-state index in [1.54, 1.807) is 0 Å². The first-order chi connectivity index (χ1) is 9.15.